The topological polar surface area (TPSA) is 91.8 Å². The summed E-state index contributed by atoms with van der Waals surface area (Å²) in [5.41, 5.74) is -0.819. The summed E-state index contributed by atoms with van der Waals surface area (Å²) in [6.07, 6.45) is 4.25. The molecular weight excluding hydrogens is 546 g/mol. The van der Waals surface area contributed by atoms with Crippen molar-refractivity contribution in [3.8, 4) is 5.75 Å². The number of piperidine rings is 1. The van der Waals surface area contributed by atoms with Crippen LogP contribution in [0.3, 0.4) is 0 Å². The van der Waals surface area contributed by atoms with Gasteiger partial charge in [-0.3, -0.25) is 19.5 Å². The van der Waals surface area contributed by atoms with Gasteiger partial charge in [0, 0.05) is 56.5 Å². The van der Waals surface area contributed by atoms with Crippen molar-refractivity contribution in [1.82, 2.24) is 20.1 Å². The summed E-state index contributed by atoms with van der Waals surface area (Å²) in [5, 5.41) is 4.03. The Hall–Kier alpha value is -2.75. The SMILES string of the molecule is CN(C(=O)Oc1cncc(F)c1)[C@]1(C(=O)C2CCN(C(=O)C3(C)CC3)CC2)CNC[C@H]1c1ccc(Cl)c(Cl)c1. The van der Waals surface area contributed by atoms with Crippen LogP contribution >= 0.6 is 23.2 Å². The maximum atomic E-state index is 14.5. The second-order valence-corrected chi connectivity index (χ2v) is 11.9. The quantitative estimate of drug-likeness (QED) is 0.536. The van der Waals surface area contributed by atoms with E-state index in [-0.39, 0.29) is 35.3 Å². The molecular formula is C28H31Cl2FN4O4. The van der Waals surface area contributed by atoms with Gasteiger partial charge in [0.05, 0.1) is 22.4 Å². The molecule has 0 spiro atoms. The van der Waals surface area contributed by atoms with Gasteiger partial charge in [0.25, 0.3) is 0 Å². The second kappa shape index (κ2) is 10.7. The highest BCUT2D eigenvalue weighted by atomic mass is 35.5. The van der Waals surface area contributed by atoms with E-state index in [2.05, 4.69) is 10.3 Å². The molecule has 1 N–H and O–H groups in total. The number of pyridine rings is 1. The molecule has 1 saturated carbocycles. The molecule has 2 aliphatic heterocycles. The molecule has 0 radical (unpaired) electrons. The van der Waals surface area contributed by atoms with Crippen molar-refractivity contribution in [2.45, 2.75) is 44.1 Å². The number of rotatable bonds is 6. The molecule has 1 aliphatic carbocycles. The van der Waals surface area contributed by atoms with Gasteiger partial charge in [-0.25, -0.2) is 9.18 Å². The van der Waals surface area contributed by atoms with Gasteiger partial charge in [-0.2, -0.15) is 0 Å². The number of ether oxygens (including phenoxy) is 1. The molecule has 208 valence electrons. The summed E-state index contributed by atoms with van der Waals surface area (Å²) in [6.45, 7) is 3.59. The van der Waals surface area contributed by atoms with E-state index in [4.69, 9.17) is 27.9 Å². The Morgan fingerprint density at radius 3 is 2.49 bits per heavy atom. The van der Waals surface area contributed by atoms with E-state index < -0.39 is 23.4 Å². The van der Waals surface area contributed by atoms with Crippen molar-refractivity contribution in [1.29, 1.82) is 0 Å². The van der Waals surface area contributed by atoms with E-state index in [1.807, 2.05) is 11.8 Å². The van der Waals surface area contributed by atoms with Gasteiger partial charge in [0.15, 0.2) is 11.5 Å². The first-order valence-electron chi connectivity index (χ1n) is 13.1. The van der Waals surface area contributed by atoms with Gasteiger partial charge in [-0.1, -0.05) is 36.2 Å². The summed E-state index contributed by atoms with van der Waals surface area (Å²) in [5.74, 6) is -1.47. The van der Waals surface area contributed by atoms with E-state index >= 15 is 0 Å². The molecule has 2 saturated heterocycles. The Labute approximate surface area is 236 Å². The van der Waals surface area contributed by atoms with Crippen molar-refractivity contribution in [2.24, 2.45) is 11.3 Å². The largest absolute Gasteiger partial charge is 0.415 e. The lowest BCUT2D eigenvalue weighted by Crippen LogP contribution is -2.62. The van der Waals surface area contributed by atoms with Crippen LogP contribution in [-0.4, -0.2) is 71.3 Å². The lowest BCUT2D eigenvalue weighted by atomic mass is 9.72. The van der Waals surface area contributed by atoms with Crippen molar-refractivity contribution in [3.63, 3.8) is 0 Å². The number of ketones is 1. The number of Topliss-reactive ketones (excluding diaryl/α,β-unsaturated/α-hetero) is 1. The maximum Gasteiger partial charge on any atom is 0.415 e. The van der Waals surface area contributed by atoms with Crippen LogP contribution in [0.25, 0.3) is 0 Å². The molecule has 0 bridgehead atoms. The van der Waals surface area contributed by atoms with Crippen molar-refractivity contribution < 1.29 is 23.5 Å². The van der Waals surface area contributed by atoms with E-state index in [0.717, 1.165) is 30.7 Å². The monoisotopic (exact) mass is 576 g/mol. The number of likely N-dealkylation sites (tertiary alicyclic amines) is 1. The molecule has 3 fully saturated rings. The van der Waals surface area contributed by atoms with Crippen LogP contribution in [0.2, 0.25) is 10.0 Å². The number of likely N-dealkylation sites (N-methyl/N-ethyl adjacent to an activating group) is 1. The summed E-state index contributed by atoms with van der Waals surface area (Å²) < 4.78 is 19.2. The molecule has 0 unspecified atom stereocenters. The third-order valence-corrected chi connectivity index (χ3v) is 9.26. The number of benzene rings is 1. The van der Waals surface area contributed by atoms with Crippen molar-refractivity contribution in [2.75, 3.05) is 33.2 Å². The lowest BCUT2D eigenvalue weighted by molar-refractivity contribution is -0.142. The van der Waals surface area contributed by atoms with E-state index in [1.165, 1.54) is 18.1 Å². The number of nitrogens with zero attached hydrogens (tertiary/aromatic N) is 3. The number of hydrogen-bond acceptors (Lipinski definition) is 6. The highest BCUT2D eigenvalue weighted by Gasteiger charge is 2.57. The van der Waals surface area contributed by atoms with Crippen LogP contribution < -0.4 is 10.1 Å². The van der Waals surface area contributed by atoms with Gasteiger partial charge < -0.3 is 15.0 Å². The lowest BCUT2D eigenvalue weighted by Gasteiger charge is -2.44. The number of nitrogens with one attached hydrogen (secondary N) is 1. The fourth-order valence-corrected chi connectivity index (χ4v) is 6.17. The number of halogens is 3. The van der Waals surface area contributed by atoms with Gasteiger partial charge in [-0.05, 0) is 43.4 Å². The van der Waals surface area contributed by atoms with Gasteiger partial charge in [0.1, 0.15) is 11.4 Å². The molecule has 3 aliphatic rings. The normalized spacial score (nSPS) is 24.3. The first-order chi connectivity index (χ1) is 18.5. The van der Waals surface area contributed by atoms with Crippen LogP contribution in [0.1, 0.15) is 44.1 Å². The maximum absolute atomic E-state index is 14.5. The zero-order chi connectivity index (χ0) is 27.9. The van der Waals surface area contributed by atoms with Gasteiger partial charge in [-0.15, -0.1) is 0 Å². The van der Waals surface area contributed by atoms with Crippen LogP contribution in [-0.2, 0) is 9.59 Å². The summed E-state index contributed by atoms with van der Waals surface area (Å²) in [4.78, 5) is 47.7. The third kappa shape index (κ3) is 5.24. The smallest absolute Gasteiger partial charge is 0.408 e. The van der Waals surface area contributed by atoms with Crippen molar-refractivity contribution >= 4 is 41.0 Å². The fourth-order valence-electron chi connectivity index (χ4n) is 5.86. The molecule has 8 nitrogen and oxygen atoms in total. The second-order valence-electron chi connectivity index (χ2n) is 11.0. The average molecular weight is 577 g/mol. The molecule has 5 rings (SSSR count). The number of amides is 2. The first kappa shape index (κ1) is 27.8. The summed E-state index contributed by atoms with van der Waals surface area (Å²) in [7, 11) is 1.52. The number of aromatic nitrogens is 1. The minimum absolute atomic E-state index is 0.0631. The molecule has 2 amide bonds. The summed E-state index contributed by atoms with van der Waals surface area (Å²) >= 11 is 12.5. The highest BCUT2D eigenvalue weighted by molar-refractivity contribution is 6.42. The minimum Gasteiger partial charge on any atom is -0.408 e. The van der Waals surface area contributed by atoms with Crippen LogP contribution in [0.5, 0.6) is 5.75 Å². The highest BCUT2D eigenvalue weighted by Crippen LogP contribution is 2.47. The summed E-state index contributed by atoms with van der Waals surface area (Å²) in [6, 6.07) is 6.26. The Kier molecular flexibility index (Phi) is 7.61. The minimum atomic E-state index is -1.31. The Balaban J connectivity index is 1.44. The van der Waals surface area contributed by atoms with Crippen LogP contribution in [0.15, 0.2) is 36.7 Å². The van der Waals surface area contributed by atoms with E-state index in [0.29, 0.717) is 42.5 Å². The zero-order valence-electron chi connectivity index (χ0n) is 21.9. The third-order valence-electron chi connectivity index (χ3n) is 8.52. The molecule has 39 heavy (non-hydrogen) atoms. The molecule has 11 heteroatoms. The van der Waals surface area contributed by atoms with Crippen molar-refractivity contribution in [3.05, 3.63) is 58.1 Å². The van der Waals surface area contributed by atoms with Gasteiger partial charge >= 0.3 is 6.09 Å². The Morgan fingerprint density at radius 1 is 1.13 bits per heavy atom. The predicted molar refractivity (Wildman–Crippen MR) is 144 cm³/mol. The molecule has 1 aromatic carbocycles. The van der Waals surface area contributed by atoms with E-state index in [9.17, 15) is 18.8 Å². The van der Waals surface area contributed by atoms with Crippen LogP contribution in [0, 0.1) is 17.2 Å². The van der Waals surface area contributed by atoms with Crippen LogP contribution in [0.4, 0.5) is 9.18 Å². The Bertz CT molecular complexity index is 1300. The first-order valence-corrected chi connectivity index (χ1v) is 13.9. The molecule has 2 aromatic rings. The molecule has 2 atom stereocenters. The number of carbonyl (C=O) groups is 3. The molecule has 3 heterocycles. The predicted octanol–water partition coefficient (Wildman–Crippen LogP) is 4.69. The Morgan fingerprint density at radius 2 is 1.85 bits per heavy atom. The average Bonchev–Trinajstić information content (AvgIpc) is 3.52. The zero-order valence-corrected chi connectivity index (χ0v) is 23.4. The fraction of sp³-hybridized carbons (Fsp3) is 0.500. The number of hydrogen-bond donors (Lipinski definition) is 1. The van der Waals surface area contributed by atoms with E-state index in [1.54, 1.807) is 18.2 Å². The standard InChI is InChI=1S/C28H31Cl2FN4O4/c1-27(7-8-27)25(37)35-9-5-17(6-10-35)24(36)28(34(2)26(38)39-20-12-19(31)13-32-14-20)16-33-15-21(28)18-3-4-22(29)23(30)11-18/h3-4,11-14,17,21,33H,5-10,15-16H2,1-2H3/t21-,28+/m0/s1. The molecule has 1 aromatic heterocycles. The number of carbonyl (C=O) groups excluding carboxylic acids is 3. The van der Waals surface area contributed by atoms with Gasteiger partial charge in [0.2, 0.25) is 5.91 Å².